The maximum atomic E-state index is 12.1. The maximum Gasteiger partial charge on any atom is 0.389 e. The van der Waals surface area contributed by atoms with Crippen molar-refractivity contribution >= 4 is 28.3 Å². The Morgan fingerprint density at radius 1 is 1.39 bits per heavy atom. The zero-order valence-corrected chi connectivity index (χ0v) is 12.0. The highest BCUT2D eigenvalue weighted by atomic mass is 79.9. The quantitative estimate of drug-likeness (QED) is 0.884. The molecule has 0 aliphatic heterocycles. The second-order valence-corrected chi connectivity index (χ2v) is 4.56. The van der Waals surface area contributed by atoms with Crippen LogP contribution in [-0.4, -0.2) is 13.3 Å². The summed E-state index contributed by atoms with van der Waals surface area (Å²) in [4.78, 5) is 0. The fourth-order valence-corrected chi connectivity index (χ4v) is 1.85. The summed E-state index contributed by atoms with van der Waals surface area (Å²) in [6, 6.07) is 4.41. The minimum Gasteiger partial charge on any atom is -0.496 e. The van der Waals surface area contributed by atoms with Crippen molar-refractivity contribution in [3.8, 4) is 5.75 Å². The van der Waals surface area contributed by atoms with Gasteiger partial charge in [0.05, 0.1) is 7.11 Å². The zero-order valence-electron chi connectivity index (χ0n) is 9.63. The lowest BCUT2D eigenvalue weighted by molar-refractivity contribution is -0.136. The van der Waals surface area contributed by atoms with Gasteiger partial charge in [0.2, 0.25) is 0 Å². The number of ether oxygens (including phenoxy) is 1. The molecule has 1 aromatic rings. The van der Waals surface area contributed by atoms with Crippen LogP contribution in [0.15, 0.2) is 22.7 Å². The first-order valence-corrected chi connectivity index (χ1v) is 5.78. The number of methoxy groups -OCH3 is 1. The SMILES string of the molecule is COc1ccc(Br)cc1[C@H](N)CCC(F)(F)F.Cl. The molecule has 7 heteroatoms. The van der Waals surface area contributed by atoms with Crippen LogP contribution < -0.4 is 10.5 Å². The van der Waals surface area contributed by atoms with Crippen LogP contribution in [0.2, 0.25) is 0 Å². The highest BCUT2D eigenvalue weighted by Gasteiger charge is 2.28. The van der Waals surface area contributed by atoms with Gasteiger partial charge in [0, 0.05) is 22.5 Å². The summed E-state index contributed by atoms with van der Waals surface area (Å²) in [6.45, 7) is 0. The van der Waals surface area contributed by atoms with E-state index >= 15 is 0 Å². The fraction of sp³-hybridized carbons (Fsp3) is 0.455. The number of alkyl halides is 3. The number of hydrogen-bond donors (Lipinski definition) is 1. The van der Waals surface area contributed by atoms with Crippen molar-refractivity contribution in [3.63, 3.8) is 0 Å². The zero-order chi connectivity index (χ0) is 13.1. The minimum absolute atomic E-state index is 0. The third kappa shape index (κ3) is 5.46. The summed E-state index contributed by atoms with van der Waals surface area (Å²) < 4.78 is 42.1. The van der Waals surface area contributed by atoms with Crippen LogP contribution in [0.5, 0.6) is 5.75 Å². The molecule has 2 nitrogen and oxygen atoms in total. The van der Waals surface area contributed by atoms with E-state index in [1.165, 1.54) is 7.11 Å². The van der Waals surface area contributed by atoms with Crippen LogP contribution in [-0.2, 0) is 0 Å². The van der Waals surface area contributed by atoms with E-state index in [0.717, 1.165) is 4.47 Å². The normalized spacial score (nSPS) is 12.8. The Hall–Kier alpha value is -0.460. The molecule has 18 heavy (non-hydrogen) atoms. The van der Waals surface area contributed by atoms with E-state index in [0.29, 0.717) is 11.3 Å². The Morgan fingerprint density at radius 2 is 2.00 bits per heavy atom. The van der Waals surface area contributed by atoms with E-state index in [9.17, 15) is 13.2 Å². The summed E-state index contributed by atoms with van der Waals surface area (Å²) in [5.41, 5.74) is 6.32. The molecule has 0 fully saturated rings. The first-order valence-electron chi connectivity index (χ1n) is 4.99. The Labute approximate surface area is 118 Å². The van der Waals surface area contributed by atoms with Gasteiger partial charge in [0.15, 0.2) is 0 Å². The molecule has 104 valence electrons. The van der Waals surface area contributed by atoms with Gasteiger partial charge in [-0.2, -0.15) is 13.2 Å². The summed E-state index contributed by atoms with van der Waals surface area (Å²) in [5, 5.41) is 0. The van der Waals surface area contributed by atoms with E-state index in [4.69, 9.17) is 10.5 Å². The molecule has 0 heterocycles. The van der Waals surface area contributed by atoms with E-state index in [1.54, 1.807) is 18.2 Å². The molecule has 0 aliphatic carbocycles. The standard InChI is InChI=1S/C11H13BrF3NO.ClH/c1-17-10-3-2-7(12)6-8(10)9(16)4-5-11(13,14)15;/h2-3,6,9H,4-5,16H2,1H3;1H/t9-;/m1./s1. The number of halogens is 5. The van der Waals surface area contributed by atoms with E-state index in [1.807, 2.05) is 0 Å². The molecule has 1 atom stereocenters. The topological polar surface area (TPSA) is 35.2 Å². The van der Waals surface area contributed by atoms with Gasteiger partial charge in [-0.3, -0.25) is 0 Å². The highest BCUT2D eigenvalue weighted by Crippen LogP contribution is 2.32. The van der Waals surface area contributed by atoms with Crippen molar-refractivity contribution in [2.75, 3.05) is 7.11 Å². The van der Waals surface area contributed by atoms with Gasteiger partial charge >= 0.3 is 6.18 Å². The second kappa shape index (κ2) is 7.21. The average Bonchev–Trinajstić information content (AvgIpc) is 2.25. The largest absolute Gasteiger partial charge is 0.496 e. The molecule has 0 spiro atoms. The smallest absolute Gasteiger partial charge is 0.389 e. The van der Waals surface area contributed by atoms with Gasteiger partial charge in [-0.25, -0.2) is 0 Å². The average molecular weight is 349 g/mol. The number of nitrogens with two attached hydrogens (primary N) is 1. The predicted octanol–water partition coefficient (Wildman–Crippen LogP) is 4.22. The lowest BCUT2D eigenvalue weighted by Crippen LogP contribution is -2.16. The van der Waals surface area contributed by atoms with Gasteiger partial charge < -0.3 is 10.5 Å². The first kappa shape index (κ1) is 17.5. The number of rotatable bonds is 4. The van der Waals surface area contributed by atoms with Crippen molar-refractivity contribution in [2.24, 2.45) is 5.73 Å². The first-order chi connectivity index (χ1) is 7.83. The van der Waals surface area contributed by atoms with Gasteiger partial charge in [0.25, 0.3) is 0 Å². The highest BCUT2D eigenvalue weighted by molar-refractivity contribution is 9.10. The predicted molar refractivity (Wildman–Crippen MR) is 70.2 cm³/mol. The lowest BCUT2D eigenvalue weighted by Gasteiger charge is -2.17. The van der Waals surface area contributed by atoms with Crippen LogP contribution in [0.3, 0.4) is 0 Å². The van der Waals surface area contributed by atoms with E-state index in [2.05, 4.69) is 15.9 Å². The molecule has 0 amide bonds. The monoisotopic (exact) mass is 347 g/mol. The number of benzene rings is 1. The molecule has 0 unspecified atom stereocenters. The van der Waals surface area contributed by atoms with Gasteiger partial charge in [-0.1, -0.05) is 15.9 Å². The lowest BCUT2D eigenvalue weighted by atomic mass is 10.0. The third-order valence-electron chi connectivity index (χ3n) is 2.33. The summed E-state index contributed by atoms with van der Waals surface area (Å²) in [7, 11) is 1.46. The van der Waals surface area contributed by atoms with Gasteiger partial charge in [-0.15, -0.1) is 12.4 Å². The van der Waals surface area contributed by atoms with Crippen LogP contribution in [0, 0.1) is 0 Å². The molecule has 0 saturated carbocycles. The van der Waals surface area contributed by atoms with Gasteiger partial charge in [-0.05, 0) is 24.6 Å². The minimum atomic E-state index is -4.18. The molecular formula is C11H14BrClF3NO. The fourth-order valence-electron chi connectivity index (χ4n) is 1.47. The van der Waals surface area contributed by atoms with Gasteiger partial charge in [0.1, 0.15) is 5.75 Å². The Morgan fingerprint density at radius 3 is 2.50 bits per heavy atom. The molecule has 1 aromatic carbocycles. The van der Waals surface area contributed by atoms with E-state index < -0.39 is 18.6 Å². The third-order valence-corrected chi connectivity index (χ3v) is 2.82. The summed E-state index contributed by atoms with van der Waals surface area (Å²) in [5.74, 6) is 0.503. The molecule has 0 saturated heterocycles. The van der Waals surface area contributed by atoms with Crippen LogP contribution in [0.1, 0.15) is 24.4 Å². The van der Waals surface area contributed by atoms with Crippen molar-refractivity contribution in [3.05, 3.63) is 28.2 Å². The van der Waals surface area contributed by atoms with Crippen molar-refractivity contribution in [1.29, 1.82) is 0 Å². The molecule has 0 aliphatic rings. The maximum absolute atomic E-state index is 12.1. The van der Waals surface area contributed by atoms with Crippen molar-refractivity contribution in [2.45, 2.75) is 25.1 Å². The van der Waals surface area contributed by atoms with Crippen LogP contribution in [0.25, 0.3) is 0 Å². The summed E-state index contributed by atoms with van der Waals surface area (Å²) in [6.07, 6.45) is -5.24. The Kier molecular flexibility index (Phi) is 7.02. The van der Waals surface area contributed by atoms with Crippen LogP contribution in [0.4, 0.5) is 13.2 Å². The molecule has 0 radical (unpaired) electrons. The molecule has 2 N–H and O–H groups in total. The summed E-state index contributed by atoms with van der Waals surface area (Å²) >= 11 is 3.25. The molecule has 0 aromatic heterocycles. The molecule has 0 bridgehead atoms. The van der Waals surface area contributed by atoms with Crippen LogP contribution >= 0.6 is 28.3 Å². The Bertz CT molecular complexity index is 387. The molecular weight excluding hydrogens is 334 g/mol. The van der Waals surface area contributed by atoms with Crippen molar-refractivity contribution < 1.29 is 17.9 Å². The Balaban J connectivity index is 0.00000289. The number of hydrogen-bond acceptors (Lipinski definition) is 2. The molecule has 1 rings (SSSR count). The second-order valence-electron chi connectivity index (χ2n) is 3.65. The van der Waals surface area contributed by atoms with E-state index in [-0.39, 0.29) is 18.8 Å². The van der Waals surface area contributed by atoms with Crippen molar-refractivity contribution in [1.82, 2.24) is 0 Å².